The average molecular weight is 632 g/mol. The van der Waals surface area contributed by atoms with E-state index in [2.05, 4.69) is 97.1 Å². The predicted molar refractivity (Wildman–Crippen MR) is 199 cm³/mol. The molecule has 0 bridgehead atoms. The van der Waals surface area contributed by atoms with Crippen LogP contribution in [-0.4, -0.2) is 15.0 Å². The molecule has 0 aliphatic carbocycles. The molecule has 4 nitrogen and oxygen atoms in total. The fourth-order valence-corrected chi connectivity index (χ4v) is 7.88. The fraction of sp³-hybridized carbons (Fsp3) is 0. The summed E-state index contributed by atoms with van der Waals surface area (Å²) in [5.74, 6) is 1.85. The van der Waals surface area contributed by atoms with Crippen molar-refractivity contribution in [3.05, 3.63) is 152 Å². The van der Waals surface area contributed by atoms with E-state index in [0.29, 0.717) is 17.5 Å². The molecule has 10 rings (SSSR count). The summed E-state index contributed by atoms with van der Waals surface area (Å²) in [5.41, 5.74) is 6.68. The van der Waals surface area contributed by atoms with Crippen LogP contribution in [0, 0.1) is 0 Å². The second-order valence-corrected chi connectivity index (χ2v) is 13.1. The molecule has 0 spiro atoms. The molecule has 0 aliphatic rings. The van der Waals surface area contributed by atoms with E-state index in [0.717, 1.165) is 49.8 Å². The van der Waals surface area contributed by atoms with Crippen LogP contribution in [0.4, 0.5) is 0 Å². The Labute approximate surface area is 279 Å². The Morgan fingerprint density at radius 3 is 1.88 bits per heavy atom. The number of fused-ring (bicyclic) bond motifs is 8. The Hall–Kier alpha value is -6.17. The summed E-state index contributed by atoms with van der Waals surface area (Å²) in [6.07, 6.45) is 0. The van der Waals surface area contributed by atoms with Gasteiger partial charge in [0.1, 0.15) is 11.2 Å². The van der Waals surface area contributed by atoms with Crippen molar-refractivity contribution in [2.75, 3.05) is 0 Å². The van der Waals surface area contributed by atoms with E-state index in [1.807, 2.05) is 65.9 Å². The van der Waals surface area contributed by atoms with Gasteiger partial charge < -0.3 is 4.42 Å². The Morgan fingerprint density at radius 2 is 1.00 bits per heavy atom. The molecule has 48 heavy (non-hydrogen) atoms. The monoisotopic (exact) mass is 631 g/mol. The smallest absolute Gasteiger partial charge is 0.164 e. The lowest BCUT2D eigenvalue weighted by Crippen LogP contribution is -2.00. The molecule has 0 saturated heterocycles. The van der Waals surface area contributed by atoms with Gasteiger partial charge in [-0.15, -0.1) is 11.3 Å². The first-order valence-electron chi connectivity index (χ1n) is 15.9. The number of para-hydroxylation sites is 1. The Kier molecular flexibility index (Phi) is 6.01. The SMILES string of the molecule is c1ccc(-c2nc(-c3cccc(-c4ccc5sc6ccc7ccccc7c6c5c4)c3)nc(-c3ccc4c(c3)oc3ccccc34)n2)cc1. The van der Waals surface area contributed by atoms with Gasteiger partial charge in [-0.1, -0.05) is 109 Å². The minimum absolute atomic E-state index is 0.602. The summed E-state index contributed by atoms with van der Waals surface area (Å²) < 4.78 is 8.81. The van der Waals surface area contributed by atoms with Crippen molar-refractivity contribution in [3.63, 3.8) is 0 Å². The van der Waals surface area contributed by atoms with Crippen molar-refractivity contribution in [1.29, 1.82) is 0 Å². The second kappa shape index (κ2) is 10.7. The van der Waals surface area contributed by atoms with E-state index in [1.54, 1.807) is 0 Å². The van der Waals surface area contributed by atoms with E-state index in [9.17, 15) is 0 Å². The standard InChI is InChI=1S/C43H25N3OS/c1-2-10-27(11-3-1)41-44-42(46-43(45-41)31-17-20-34-33-15-6-7-16-36(33)47-37(34)25-31)30-13-8-12-28(23-30)29-19-21-38-35(24-29)40-32-14-5-4-9-26(32)18-22-39(40)48-38/h1-25H. The van der Waals surface area contributed by atoms with Crippen LogP contribution in [0.2, 0.25) is 0 Å². The maximum Gasteiger partial charge on any atom is 0.164 e. The zero-order chi connectivity index (χ0) is 31.6. The molecule has 7 aromatic carbocycles. The summed E-state index contributed by atoms with van der Waals surface area (Å²) in [6, 6.07) is 52.8. The maximum absolute atomic E-state index is 6.21. The van der Waals surface area contributed by atoms with Crippen molar-refractivity contribution in [2.45, 2.75) is 0 Å². The summed E-state index contributed by atoms with van der Waals surface area (Å²) >= 11 is 1.85. The summed E-state index contributed by atoms with van der Waals surface area (Å²) in [5, 5.41) is 7.32. The van der Waals surface area contributed by atoms with Crippen molar-refractivity contribution in [2.24, 2.45) is 0 Å². The van der Waals surface area contributed by atoms with Gasteiger partial charge in [-0.3, -0.25) is 0 Å². The molecule has 3 heterocycles. The van der Waals surface area contributed by atoms with Crippen molar-refractivity contribution < 1.29 is 4.42 Å². The van der Waals surface area contributed by atoms with Crippen molar-refractivity contribution in [1.82, 2.24) is 15.0 Å². The zero-order valence-corrected chi connectivity index (χ0v) is 26.4. The average Bonchev–Trinajstić information content (AvgIpc) is 3.73. The lowest BCUT2D eigenvalue weighted by Gasteiger charge is -2.10. The van der Waals surface area contributed by atoms with Gasteiger partial charge in [-0.25, -0.2) is 15.0 Å². The molecule has 5 heteroatoms. The Balaban J connectivity index is 1.12. The molecule has 0 amide bonds. The maximum atomic E-state index is 6.21. The molecule has 0 N–H and O–H groups in total. The Morgan fingerprint density at radius 1 is 0.375 bits per heavy atom. The summed E-state index contributed by atoms with van der Waals surface area (Å²) in [4.78, 5) is 15.0. The van der Waals surface area contributed by atoms with Crippen LogP contribution < -0.4 is 0 Å². The number of nitrogens with zero attached hydrogens (tertiary/aromatic N) is 3. The van der Waals surface area contributed by atoms with Crippen molar-refractivity contribution in [3.8, 4) is 45.3 Å². The molecular weight excluding hydrogens is 607 g/mol. The molecular formula is C43H25N3OS. The highest BCUT2D eigenvalue weighted by atomic mass is 32.1. The van der Waals surface area contributed by atoms with Crippen LogP contribution in [0.1, 0.15) is 0 Å². The third-order valence-corrected chi connectivity index (χ3v) is 10.3. The third kappa shape index (κ3) is 4.40. The molecule has 10 aromatic rings. The highest BCUT2D eigenvalue weighted by molar-refractivity contribution is 7.26. The van der Waals surface area contributed by atoms with Gasteiger partial charge in [0.05, 0.1) is 0 Å². The van der Waals surface area contributed by atoms with E-state index in [1.165, 1.54) is 30.9 Å². The highest BCUT2D eigenvalue weighted by Gasteiger charge is 2.16. The number of hydrogen-bond donors (Lipinski definition) is 0. The number of hydrogen-bond acceptors (Lipinski definition) is 5. The summed E-state index contributed by atoms with van der Waals surface area (Å²) in [6.45, 7) is 0. The first-order chi connectivity index (χ1) is 23.7. The fourth-order valence-electron chi connectivity index (χ4n) is 6.78. The lowest BCUT2D eigenvalue weighted by atomic mass is 9.99. The molecule has 0 unspecified atom stereocenters. The van der Waals surface area contributed by atoms with Crippen LogP contribution >= 0.6 is 11.3 Å². The van der Waals surface area contributed by atoms with E-state index in [-0.39, 0.29) is 0 Å². The molecule has 224 valence electrons. The van der Waals surface area contributed by atoms with Gasteiger partial charge in [0.2, 0.25) is 0 Å². The normalized spacial score (nSPS) is 11.8. The number of benzene rings is 7. The summed E-state index contributed by atoms with van der Waals surface area (Å²) in [7, 11) is 0. The number of rotatable bonds is 4. The van der Waals surface area contributed by atoms with Crippen molar-refractivity contribution >= 4 is 64.2 Å². The molecule has 0 fully saturated rings. The highest BCUT2D eigenvalue weighted by Crippen LogP contribution is 2.40. The van der Waals surface area contributed by atoms with E-state index < -0.39 is 0 Å². The van der Waals surface area contributed by atoms with Gasteiger partial charge in [0.25, 0.3) is 0 Å². The molecule has 0 aliphatic heterocycles. The number of furan rings is 1. The second-order valence-electron chi connectivity index (χ2n) is 12.0. The van der Waals surface area contributed by atoms with Crippen LogP contribution in [-0.2, 0) is 0 Å². The predicted octanol–water partition coefficient (Wildman–Crippen LogP) is 12.0. The van der Waals surface area contributed by atoms with Crippen LogP contribution in [0.3, 0.4) is 0 Å². The van der Waals surface area contributed by atoms with Gasteiger partial charge in [0.15, 0.2) is 17.5 Å². The first kappa shape index (κ1) is 27.0. The topological polar surface area (TPSA) is 51.8 Å². The van der Waals surface area contributed by atoms with E-state index >= 15 is 0 Å². The zero-order valence-electron chi connectivity index (χ0n) is 25.6. The van der Waals surface area contributed by atoms with Gasteiger partial charge in [-0.05, 0) is 64.4 Å². The van der Waals surface area contributed by atoms with Gasteiger partial charge >= 0.3 is 0 Å². The van der Waals surface area contributed by atoms with E-state index in [4.69, 9.17) is 19.4 Å². The van der Waals surface area contributed by atoms with Crippen LogP contribution in [0.25, 0.3) is 98.2 Å². The number of aromatic nitrogens is 3. The lowest BCUT2D eigenvalue weighted by molar-refractivity contribution is 0.669. The third-order valence-electron chi connectivity index (χ3n) is 9.12. The molecule has 0 saturated carbocycles. The van der Waals surface area contributed by atoms with Gasteiger partial charge in [0, 0.05) is 47.6 Å². The minimum atomic E-state index is 0.602. The van der Waals surface area contributed by atoms with Gasteiger partial charge in [-0.2, -0.15) is 0 Å². The molecule has 3 aromatic heterocycles. The van der Waals surface area contributed by atoms with Crippen LogP contribution in [0.15, 0.2) is 156 Å². The molecule has 0 radical (unpaired) electrons. The largest absolute Gasteiger partial charge is 0.456 e. The quantitative estimate of drug-likeness (QED) is 0.194. The molecule has 0 atom stereocenters. The first-order valence-corrected chi connectivity index (χ1v) is 16.7. The Bertz CT molecular complexity index is 2850. The minimum Gasteiger partial charge on any atom is -0.456 e. The van der Waals surface area contributed by atoms with Crippen LogP contribution in [0.5, 0.6) is 0 Å². The number of thiophene rings is 1.